The van der Waals surface area contributed by atoms with E-state index in [0.29, 0.717) is 5.02 Å². The van der Waals surface area contributed by atoms with Crippen LogP contribution in [0.5, 0.6) is 5.75 Å². The van der Waals surface area contributed by atoms with Crippen LogP contribution in [0.25, 0.3) is 22.2 Å². The number of nitrogens with one attached hydrogen (secondary N) is 1. The number of rotatable bonds is 4. The number of nitrogens with zero attached hydrogens (tertiary/aromatic N) is 1. The quantitative estimate of drug-likeness (QED) is 0.369. The average Bonchev–Trinajstić information content (AvgIpc) is 2.71. The van der Waals surface area contributed by atoms with Gasteiger partial charge in [-0.3, -0.25) is 0 Å². The van der Waals surface area contributed by atoms with Crippen LogP contribution in [0.1, 0.15) is 0 Å². The molecule has 0 amide bonds. The summed E-state index contributed by atoms with van der Waals surface area (Å²) in [6.07, 6.45) is 0. The summed E-state index contributed by atoms with van der Waals surface area (Å²) in [4.78, 5) is 4.87. The number of halogens is 2. The van der Waals surface area contributed by atoms with E-state index in [1.165, 1.54) is 0 Å². The van der Waals surface area contributed by atoms with E-state index < -0.39 is 0 Å². The standard InChI is InChI=1S/C22H16BrClN2O/c1-27-17-12-6-14(7-13-17)21-20(23)22(18-4-2-3-5-19(18)26-21)25-16-10-8-15(24)9-11-16/h2-13H,1H3,(H,25,26). The number of ether oxygens (including phenoxy) is 1. The molecule has 3 nitrogen and oxygen atoms in total. The van der Waals surface area contributed by atoms with Gasteiger partial charge in [-0.25, -0.2) is 4.98 Å². The summed E-state index contributed by atoms with van der Waals surface area (Å²) in [5, 5.41) is 5.25. The molecule has 134 valence electrons. The van der Waals surface area contributed by atoms with Crippen molar-refractivity contribution in [2.75, 3.05) is 12.4 Å². The lowest BCUT2D eigenvalue weighted by Gasteiger charge is -2.15. The Kier molecular flexibility index (Phi) is 5.01. The van der Waals surface area contributed by atoms with E-state index in [1.54, 1.807) is 7.11 Å². The van der Waals surface area contributed by atoms with Crippen LogP contribution in [0.15, 0.2) is 77.3 Å². The van der Waals surface area contributed by atoms with Gasteiger partial charge in [0.05, 0.1) is 28.5 Å². The molecule has 0 spiro atoms. The average molecular weight is 440 g/mol. The van der Waals surface area contributed by atoms with Gasteiger partial charge in [-0.05, 0) is 70.5 Å². The van der Waals surface area contributed by atoms with Crippen molar-refractivity contribution >= 4 is 49.8 Å². The van der Waals surface area contributed by atoms with E-state index >= 15 is 0 Å². The van der Waals surface area contributed by atoms with Crippen molar-refractivity contribution < 1.29 is 4.74 Å². The number of hydrogen-bond donors (Lipinski definition) is 1. The maximum atomic E-state index is 6.01. The molecule has 0 radical (unpaired) electrons. The van der Waals surface area contributed by atoms with Crippen LogP contribution in [0.3, 0.4) is 0 Å². The zero-order valence-electron chi connectivity index (χ0n) is 14.5. The van der Waals surface area contributed by atoms with Crippen LogP contribution in [-0.2, 0) is 0 Å². The second-order valence-electron chi connectivity index (χ2n) is 6.03. The van der Waals surface area contributed by atoms with Gasteiger partial charge in [-0.1, -0.05) is 29.8 Å². The summed E-state index contributed by atoms with van der Waals surface area (Å²) in [6, 6.07) is 23.6. The fourth-order valence-corrected chi connectivity index (χ4v) is 3.68. The zero-order valence-corrected chi connectivity index (χ0v) is 16.9. The van der Waals surface area contributed by atoms with Gasteiger partial charge in [0.2, 0.25) is 0 Å². The van der Waals surface area contributed by atoms with E-state index in [0.717, 1.165) is 43.8 Å². The third kappa shape index (κ3) is 3.64. The molecular formula is C22H16BrClN2O. The number of anilines is 2. The molecule has 1 N–H and O–H groups in total. The van der Waals surface area contributed by atoms with Crippen LogP contribution >= 0.6 is 27.5 Å². The molecule has 4 rings (SSSR count). The van der Waals surface area contributed by atoms with Gasteiger partial charge in [0, 0.05) is 21.7 Å². The van der Waals surface area contributed by atoms with Crippen LogP contribution in [0, 0.1) is 0 Å². The number of para-hydroxylation sites is 1. The van der Waals surface area contributed by atoms with E-state index in [-0.39, 0.29) is 0 Å². The highest BCUT2D eigenvalue weighted by molar-refractivity contribution is 9.10. The molecule has 0 saturated carbocycles. The maximum Gasteiger partial charge on any atom is 0.118 e. The summed E-state index contributed by atoms with van der Waals surface area (Å²) in [6.45, 7) is 0. The molecule has 4 aromatic rings. The lowest BCUT2D eigenvalue weighted by Crippen LogP contribution is -1.97. The Morgan fingerprint density at radius 2 is 1.63 bits per heavy atom. The summed E-state index contributed by atoms with van der Waals surface area (Å²) < 4.78 is 6.17. The van der Waals surface area contributed by atoms with Crippen LogP contribution in [0.2, 0.25) is 5.02 Å². The van der Waals surface area contributed by atoms with E-state index in [2.05, 4.69) is 27.3 Å². The molecule has 0 bridgehead atoms. The third-order valence-electron chi connectivity index (χ3n) is 4.31. The summed E-state index contributed by atoms with van der Waals surface area (Å²) in [5.41, 5.74) is 4.72. The first-order valence-electron chi connectivity index (χ1n) is 8.41. The molecule has 1 heterocycles. The van der Waals surface area contributed by atoms with Crippen molar-refractivity contribution in [3.63, 3.8) is 0 Å². The number of aromatic nitrogens is 1. The van der Waals surface area contributed by atoms with Gasteiger partial charge in [-0.2, -0.15) is 0 Å². The number of fused-ring (bicyclic) bond motifs is 1. The lowest BCUT2D eigenvalue weighted by atomic mass is 10.1. The van der Waals surface area contributed by atoms with Gasteiger partial charge in [0.1, 0.15) is 5.75 Å². The second kappa shape index (κ2) is 7.59. The van der Waals surface area contributed by atoms with Crippen molar-refractivity contribution in [2.45, 2.75) is 0 Å². The Morgan fingerprint density at radius 3 is 2.33 bits per heavy atom. The molecule has 27 heavy (non-hydrogen) atoms. The van der Waals surface area contributed by atoms with Crippen LogP contribution < -0.4 is 10.1 Å². The minimum atomic E-state index is 0.707. The molecule has 5 heteroatoms. The van der Waals surface area contributed by atoms with E-state index in [4.69, 9.17) is 21.3 Å². The van der Waals surface area contributed by atoms with Crippen LogP contribution in [0.4, 0.5) is 11.4 Å². The Balaban J connectivity index is 1.87. The molecule has 0 saturated heterocycles. The number of hydrogen-bond acceptors (Lipinski definition) is 3. The summed E-state index contributed by atoms with van der Waals surface area (Å²) in [7, 11) is 1.66. The Morgan fingerprint density at radius 1 is 0.926 bits per heavy atom. The molecule has 0 fully saturated rings. The first-order chi connectivity index (χ1) is 13.2. The molecule has 3 aromatic carbocycles. The fraction of sp³-hybridized carbons (Fsp3) is 0.0455. The lowest BCUT2D eigenvalue weighted by molar-refractivity contribution is 0.415. The Labute approximate surface area is 171 Å². The molecule has 0 aliphatic heterocycles. The fourth-order valence-electron chi connectivity index (χ4n) is 2.93. The summed E-state index contributed by atoms with van der Waals surface area (Å²) >= 11 is 9.78. The van der Waals surface area contributed by atoms with E-state index in [1.807, 2.05) is 66.7 Å². The van der Waals surface area contributed by atoms with Crippen molar-refractivity contribution in [1.29, 1.82) is 0 Å². The zero-order chi connectivity index (χ0) is 18.8. The van der Waals surface area contributed by atoms with Gasteiger partial charge >= 0.3 is 0 Å². The highest BCUT2D eigenvalue weighted by atomic mass is 79.9. The predicted octanol–water partition coefficient (Wildman–Crippen LogP) is 7.07. The van der Waals surface area contributed by atoms with Crippen molar-refractivity contribution in [3.05, 3.63) is 82.3 Å². The monoisotopic (exact) mass is 438 g/mol. The molecular weight excluding hydrogens is 424 g/mol. The topological polar surface area (TPSA) is 34.1 Å². The van der Waals surface area contributed by atoms with Gasteiger partial charge in [0.15, 0.2) is 0 Å². The SMILES string of the molecule is COc1ccc(-c2nc3ccccc3c(Nc3ccc(Cl)cc3)c2Br)cc1. The Hall–Kier alpha value is -2.56. The largest absolute Gasteiger partial charge is 0.497 e. The minimum Gasteiger partial charge on any atom is -0.497 e. The van der Waals surface area contributed by atoms with Gasteiger partial charge in [0.25, 0.3) is 0 Å². The smallest absolute Gasteiger partial charge is 0.118 e. The molecule has 0 unspecified atom stereocenters. The number of pyridine rings is 1. The number of methoxy groups -OCH3 is 1. The first-order valence-corrected chi connectivity index (χ1v) is 9.58. The van der Waals surface area contributed by atoms with E-state index in [9.17, 15) is 0 Å². The second-order valence-corrected chi connectivity index (χ2v) is 7.26. The number of benzene rings is 3. The third-order valence-corrected chi connectivity index (χ3v) is 5.33. The van der Waals surface area contributed by atoms with Crippen LogP contribution in [-0.4, -0.2) is 12.1 Å². The minimum absolute atomic E-state index is 0.707. The van der Waals surface area contributed by atoms with Crippen molar-refractivity contribution in [1.82, 2.24) is 4.98 Å². The van der Waals surface area contributed by atoms with Crippen molar-refractivity contribution in [3.8, 4) is 17.0 Å². The predicted molar refractivity (Wildman–Crippen MR) is 116 cm³/mol. The van der Waals surface area contributed by atoms with Crippen molar-refractivity contribution in [2.24, 2.45) is 0 Å². The maximum absolute atomic E-state index is 6.01. The highest BCUT2D eigenvalue weighted by Crippen LogP contribution is 2.39. The highest BCUT2D eigenvalue weighted by Gasteiger charge is 2.15. The first kappa shape index (κ1) is 17.8. The Bertz CT molecular complexity index is 1100. The normalized spacial score (nSPS) is 10.8. The molecule has 0 aliphatic carbocycles. The molecule has 1 aromatic heterocycles. The summed E-state index contributed by atoms with van der Waals surface area (Å²) in [5.74, 6) is 0.815. The van der Waals surface area contributed by atoms with Gasteiger partial charge < -0.3 is 10.1 Å². The molecule has 0 aliphatic rings. The van der Waals surface area contributed by atoms with Gasteiger partial charge in [-0.15, -0.1) is 0 Å². The molecule has 0 atom stereocenters.